The van der Waals surface area contributed by atoms with Crippen LogP contribution in [0.5, 0.6) is 0 Å². The second-order valence-corrected chi connectivity index (χ2v) is 9.62. The summed E-state index contributed by atoms with van der Waals surface area (Å²) in [4.78, 5) is 61.2. The highest BCUT2D eigenvalue weighted by atomic mass is 16.4. The summed E-state index contributed by atoms with van der Waals surface area (Å²) < 4.78 is 0. The number of aliphatic hydroxyl groups is 1. The highest BCUT2D eigenvalue weighted by Crippen LogP contribution is 2.19. The number of carbonyl (C=O) groups excluding carboxylic acids is 3. The van der Waals surface area contributed by atoms with Gasteiger partial charge in [-0.3, -0.25) is 19.8 Å². The molecule has 226 valence electrons. The summed E-state index contributed by atoms with van der Waals surface area (Å²) in [5.74, 6) is -3.81. The van der Waals surface area contributed by atoms with E-state index in [1.54, 1.807) is 6.20 Å². The Labute approximate surface area is 240 Å². The number of hydrogen-bond donors (Lipinski definition) is 11. The van der Waals surface area contributed by atoms with E-state index in [4.69, 9.17) is 16.9 Å². The fraction of sp³-hybridized carbons (Fsp3) is 0.385. The molecule has 16 nitrogen and oxygen atoms in total. The van der Waals surface area contributed by atoms with Crippen LogP contribution >= 0.6 is 0 Å². The number of rotatable bonds is 16. The monoisotopic (exact) mass is 584 g/mol. The minimum Gasteiger partial charge on any atom is -0.480 e. The van der Waals surface area contributed by atoms with Gasteiger partial charge in [0.2, 0.25) is 17.7 Å². The number of carbonyl (C=O) groups is 4. The number of para-hydroxylation sites is 1. The number of amides is 3. The largest absolute Gasteiger partial charge is 0.480 e. The summed E-state index contributed by atoms with van der Waals surface area (Å²) in [5, 5.41) is 37.3. The molecule has 0 unspecified atom stereocenters. The molecule has 0 aliphatic heterocycles. The number of guanidine groups is 1. The van der Waals surface area contributed by atoms with Crippen LogP contribution < -0.4 is 32.7 Å². The zero-order valence-corrected chi connectivity index (χ0v) is 22.7. The quantitative estimate of drug-likeness (QED) is 0.0491. The number of aliphatic hydroxyl groups excluding tert-OH is 1. The minimum atomic E-state index is -1.33. The van der Waals surface area contributed by atoms with Gasteiger partial charge in [0.25, 0.3) is 0 Å². The van der Waals surface area contributed by atoms with Crippen molar-refractivity contribution < 1.29 is 29.4 Å². The van der Waals surface area contributed by atoms with Crippen LogP contribution in [-0.2, 0) is 32.0 Å². The van der Waals surface area contributed by atoms with Gasteiger partial charge >= 0.3 is 5.97 Å². The molecule has 0 bridgehead atoms. The highest BCUT2D eigenvalue weighted by molar-refractivity contribution is 5.95. The van der Waals surface area contributed by atoms with Crippen LogP contribution in [0.25, 0.3) is 10.9 Å². The van der Waals surface area contributed by atoms with Crippen LogP contribution in [0.15, 0.2) is 43.0 Å². The van der Waals surface area contributed by atoms with Gasteiger partial charge in [-0.1, -0.05) is 18.2 Å². The molecule has 3 rings (SSSR count). The average Bonchev–Trinajstić information content (AvgIpc) is 3.63. The van der Waals surface area contributed by atoms with Crippen molar-refractivity contribution in [2.45, 2.75) is 49.9 Å². The first-order valence-electron chi connectivity index (χ1n) is 13.2. The van der Waals surface area contributed by atoms with Crippen LogP contribution in [0, 0.1) is 5.41 Å². The van der Waals surface area contributed by atoms with Gasteiger partial charge in [0.1, 0.15) is 24.2 Å². The lowest BCUT2D eigenvalue weighted by Crippen LogP contribution is -2.58. The first-order valence-corrected chi connectivity index (χ1v) is 13.2. The van der Waals surface area contributed by atoms with Crippen molar-refractivity contribution >= 4 is 40.6 Å². The minimum absolute atomic E-state index is 0.000950. The number of imidazole rings is 1. The van der Waals surface area contributed by atoms with E-state index in [1.165, 1.54) is 12.5 Å². The molecule has 0 aliphatic carbocycles. The van der Waals surface area contributed by atoms with Crippen molar-refractivity contribution in [2.75, 3.05) is 13.2 Å². The topological polar surface area (TPSA) is 277 Å². The number of nitrogens with one attached hydrogen (secondary N) is 7. The number of fused-ring (bicyclic) bond motifs is 1. The predicted octanol–water partition coefficient (Wildman–Crippen LogP) is -2.20. The number of nitrogens with zero attached hydrogens (tertiary/aromatic N) is 1. The lowest BCUT2D eigenvalue weighted by Gasteiger charge is -2.25. The molecule has 42 heavy (non-hydrogen) atoms. The van der Waals surface area contributed by atoms with Crippen LogP contribution in [0.3, 0.4) is 0 Å². The molecule has 3 amide bonds. The normalized spacial score (nSPS) is 13.9. The number of hydrogen-bond acceptors (Lipinski definition) is 8. The molecule has 0 fully saturated rings. The molecule has 0 saturated carbocycles. The van der Waals surface area contributed by atoms with Crippen molar-refractivity contribution in [3.8, 4) is 0 Å². The molecule has 0 radical (unpaired) electrons. The lowest BCUT2D eigenvalue weighted by atomic mass is 10.0. The van der Waals surface area contributed by atoms with Crippen molar-refractivity contribution in [2.24, 2.45) is 11.5 Å². The number of aliphatic carboxylic acids is 1. The number of aromatic amines is 2. The maximum Gasteiger partial charge on any atom is 0.326 e. The Balaban J connectivity index is 1.84. The van der Waals surface area contributed by atoms with Gasteiger partial charge in [0.05, 0.1) is 18.6 Å². The van der Waals surface area contributed by atoms with Gasteiger partial charge in [-0.25, -0.2) is 9.78 Å². The van der Waals surface area contributed by atoms with Gasteiger partial charge in [-0.2, -0.15) is 0 Å². The Morgan fingerprint density at radius 1 is 0.976 bits per heavy atom. The number of aromatic nitrogens is 3. The van der Waals surface area contributed by atoms with Crippen LogP contribution in [0.2, 0.25) is 0 Å². The van der Waals surface area contributed by atoms with E-state index in [1.807, 2.05) is 24.3 Å². The summed E-state index contributed by atoms with van der Waals surface area (Å²) >= 11 is 0. The van der Waals surface area contributed by atoms with Crippen molar-refractivity contribution in [3.63, 3.8) is 0 Å². The molecule has 0 saturated heterocycles. The second kappa shape index (κ2) is 15.2. The van der Waals surface area contributed by atoms with Crippen molar-refractivity contribution in [3.05, 3.63) is 54.2 Å². The molecule has 1 aromatic carbocycles. The fourth-order valence-corrected chi connectivity index (χ4v) is 4.25. The maximum atomic E-state index is 13.5. The molecular weight excluding hydrogens is 548 g/mol. The Hall–Kier alpha value is -4.96. The zero-order valence-electron chi connectivity index (χ0n) is 22.7. The number of nitrogens with two attached hydrogens (primary N) is 2. The SMILES string of the molecule is N=C(N)NCCC[C@H](NC(=O)[C@@H](N)CO)C(=O)N[C@@H](Cc1c[nH]c2ccccc12)C(=O)N[C@@H](Cc1c[nH]cn1)C(=O)O. The molecule has 2 heterocycles. The van der Waals surface area contributed by atoms with Crippen LogP contribution in [0.4, 0.5) is 0 Å². The molecule has 4 atom stereocenters. The zero-order chi connectivity index (χ0) is 30.6. The summed E-state index contributed by atoms with van der Waals surface area (Å²) in [6.45, 7) is -0.419. The van der Waals surface area contributed by atoms with E-state index < -0.39 is 54.5 Å². The van der Waals surface area contributed by atoms with E-state index in [0.717, 1.165) is 10.9 Å². The van der Waals surface area contributed by atoms with Gasteiger partial charge in [0, 0.05) is 42.7 Å². The van der Waals surface area contributed by atoms with E-state index in [9.17, 15) is 29.4 Å². The fourth-order valence-electron chi connectivity index (χ4n) is 4.25. The van der Waals surface area contributed by atoms with E-state index in [0.29, 0.717) is 17.7 Å². The molecular formula is C26H36N10O6. The van der Waals surface area contributed by atoms with E-state index in [-0.39, 0.29) is 31.8 Å². The molecule has 16 heteroatoms. The third-order valence-electron chi connectivity index (χ3n) is 6.47. The second-order valence-electron chi connectivity index (χ2n) is 9.62. The van der Waals surface area contributed by atoms with Crippen LogP contribution in [-0.4, -0.2) is 92.1 Å². The van der Waals surface area contributed by atoms with Gasteiger partial charge in [0.15, 0.2) is 5.96 Å². The summed E-state index contributed by atoms with van der Waals surface area (Å²) in [6, 6.07) is 2.34. The standard InChI is InChI=1S/C26H36N10O6/c27-17(12-37)22(38)34-19(6-3-7-31-26(28)29)23(39)35-20(8-14-10-32-18-5-2-1-4-16(14)18)24(40)36-21(25(41)42)9-15-11-30-13-33-15/h1-2,4-5,10-11,13,17,19-21,32,37H,3,6-9,12,27H2,(H,30,33)(H,34,38)(H,35,39)(H,36,40)(H,41,42)(H4,28,29,31)/t17-,19-,20-,21-/m0/s1. The van der Waals surface area contributed by atoms with Gasteiger partial charge in [-0.05, 0) is 24.5 Å². The van der Waals surface area contributed by atoms with Crippen molar-refractivity contribution in [1.82, 2.24) is 36.2 Å². The molecule has 3 aromatic rings. The molecule has 0 aliphatic rings. The molecule has 0 spiro atoms. The summed E-state index contributed by atoms with van der Waals surface area (Å²) in [6.07, 6.45) is 4.88. The van der Waals surface area contributed by atoms with Crippen molar-refractivity contribution in [1.29, 1.82) is 5.41 Å². The predicted molar refractivity (Wildman–Crippen MR) is 152 cm³/mol. The third kappa shape index (κ3) is 9.03. The lowest BCUT2D eigenvalue weighted by molar-refractivity contribution is -0.142. The van der Waals surface area contributed by atoms with E-state index >= 15 is 0 Å². The third-order valence-corrected chi connectivity index (χ3v) is 6.47. The summed E-state index contributed by atoms with van der Waals surface area (Å²) in [5.41, 5.74) is 12.8. The molecule has 13 N–H and O–H groups in total. The smallest absolute Gasteiger partial charge is 0.326 e. The Bertz CT molecular complexity index is 1370. The Morgan fingerprint density at radius 3 is 2.33 bits per heavy atom. The first-order chi connectivity index (χ1) is 20.1. The van der Waals surface area contributed by atoms with E-state index in [2.05, 4.69) is 36.2 Å². The first kappa shape index (κ1) is 31.6. The number of benzene rings is 1. The number of carboxylic acid groups (broad SMARTS) is 1. The Kier molecular flexibility index (Phi) is 11.4. The number of carboxylic acids is 1. The number of H-pyrrole nitrogens is 2. The average molecular weight is 585 g/mol. The summed E-state index contributed by atoms with van der Waals surface area (Å²) in [7, 11) is 0. The highest BCUT2D eigenvalue weighted by Gasteiger charge is 2.31. The molecule has 2 aromatic heterocycles. The van der Waals surface area contributed by atoms with Gasteiger partial charge < -0.3 is 52.9 Å². The van der Waals surface area contributed by atoms with Crippen LogP contribution in [0.1, 0.15) is 24.1 Å². The maximum absolute atomic E-state index is 13.5. The van der Waals surface area contributed by atoms with Gasteiger partial charge in [-0.15, -0.1) is 0 Å². The Morgan fingerprint density at radius 2 is 1.67 bits per heavy atom.